The van der Waals surface area contributed by atoms with Crippen LogP contribution in [0, 0.1) is 0 Å². The standard InChI is InChI=1S/C12H17NO.C8H11N/c1-3-4-6-11-7-5-8-12(9-11)13-10(2)14;9-7-6-8-4-2-1-3-5-8/h5,7-9H,3-4,6H2,1-2H3,(H,13,14);1-5H,6-7,9H2. The number of hydrogen-bond acceptors (Lipinski definition) is 2. The third kappa shape index (κ3) is 8.79. The summed E-state index contributed by atoms with van der Waals surface area (Å²) in [6.07, 6.45) is 4.47. The summed E-state index contributed by atoms with van der Waals surface area (Å²) in [5.74, 6) is -0.0161. The van der Waals surface area contributed by atoms with E-state index in [0.29, 0.717) is 0 Å². The Hall–Kier alpha value is -2.13. The van der Waals surface area contributed by atoms with E-state index in [1.54, 1.807) is 0 Å². The number of hydrogen-bond donors (Lipinski definition) is 2. The summed E-state index contributed by atoms with van der Waals surface area (Å²) >= 11 is 0. The number of benzene rings is 2. The van der Waals surface area contributed by atoms with Crippen LogP contribution >= 0.6 is 0 Å². The molecule has 0 radical (unpaired) electrons. The molecular formula is C20H28N2O. The van der Waals surface area contributed by atoms with Crippen molar-refractivity contribution in [3.63, 3.8) is 0 Å². The number of nitrogens with one attached hydrogen (secondary N) is 1. The third-order valence-corrected chi connectivity index (χ3v) is 3.34. The largest absolute Gasteiger partial charge is 0.330 e. The van der Waals surface area contributed by atoms with E-state index in [1.807, 2.05) is 36.4 Å². The summed E-state index contributed by atoms with van der Waals surface area (Å²) in [7, 11) is 0. The molecule has 0 spiro atoms. The van der Waals surface area contributed by atoms with E-state index >= 15 is 0 Å². The smallest absolute Gasteiger partial charge is 0.221 e. The lowest BCUT2D eigenvalue weighted by atomic mass is 10.1. The zero-order valence-electron chi connectivity index (χ0n) is 14.2. The van der Waals surface area contributed by atoms with Gasteiger partial charge in [-0.1, -0.05) is 55.8 Å². The van der Waals surface area contributed by atoms with Gasteiger partial charge in [0.2, 0.25) is 5.91 Å². The van der Waals surface area contributed by atoms with E-state index in [2.05, 4.69) is 30.4 Å². The first-order valence-corrected chi connectivity index (χ1v) is 8.26. The average Bonchev–Trinajstić information content (AvgIpc) is 2.55. The molecule has 2 aromatic carbocycles. The van der Waals surface area contributed by atoms with Crippen molar-refractivity contribution in [3.05, 3.63) is 65.7 Å². The fourth-order valence-electron chi connectivity index (χ4n) is 2.20. The van der Waals surface area contributed by atoms with Gasteiger partial charge in [0.05, 0.1) is 0 Å². The molecule has 0 saturated carbocycles. The number of carbonyl (C=O) groups is 1. The Kier molecular flexibility index (Phi) is 9.41. The molecule has 0 aliphatic heterocycles. The van der Waals surface area contributed by atoms with E-state index in [4.69, 9.17) is 5.73 Å². The van der Waals surface area contributed by atoms with Gasteiger partial charge in [0, 0.05) is 12.6 Å². The molecule has 23 heavy (non-hydrogen) atoms. The number of unbranched alkanes of at least 4 members (excludes halogenated alkanes) is 1. The van der Waals surface area contributed by atoms with Gasteiger partial charge in [-0.05, 0) is 49.1 Å². The Labute approximate surface area is 139 Å². The second-order valence-corrected chi connectivity index (χ2v) is 5.51. The highest BCUT2D eigenvalue weighted by atomic mass is 16.1. The van der Waals surface area contributed by atoms with Crippen molar-refractivity contribution in [3.8, 4) is 0 Å². The Morgan fingerprint density at radius 1 is 1.00 bits per heavy atom. The van der Waals surface area contributed by atoms with Gasteiger partial charge in [-0.15, -0.1) is 0 Å². The predicted molar refractivity (Wildman–Crippen MR) is 98.6 cm³/mol. The van der Waals surface area contributed by atoms with Crippen LogP contribution in [-0.2, 0) is 17.6 Å². The van der Waals surface area contributed by atoms with Gasteiger partial charge in [0.1, 0.15) is 0 Å². The third-order valence-electron chi connectivity index (χ3n) is 3.34. The molecular weight excluding hydrogens is 284 g/mol. The molecule has 3 heteroatoms. The Bertz CT molecular complexity index is 567. The highest BCUT2D eigenvalue weighted by Crippen LogP contribution is 2.12. The van der Waals surface area contributed by atoms with Gasteiger partial charge < -0.3 is 11.1 Å². The number of aryl methyl sites for hydroxylation is 1. The van der Waals surface area contributed by atoms with E-state index in [-0.39, 0.29) is 5.91 Å². The molecule has 3 N–H and O–H groups in total. The summed E-state index contributed by atoms with van der Waals surface area (Å²) in [6.45, 7) is 4.44. The quantitative estimate of drug-likeness (QED) is 0.841. The Morgan fingerprint density at radius 2 is 1.70 bits per heavy atom. The Morgan fingerprint density at radius 3 is 2.30 bits per heavy atom. The molecule has 0 unspecified atom stereocenters. The van der Waals surface area contributed by atoms with Crippen molar-refractivity contribution >= 4 is 11.6 Å². The normalized spacial score (nSPS) is 9.70. The summed E-state index contributed by atoms with van der Waals surface area (Å²) in [4.78, 5) is 10.8. The van der Waals surface area contributed by atoms with E-state index in [9.17, 15) is 4.79 Å². The molecule has 0 fully saturated rings. The zero-order valence-corrected chi connectivity index (χ0v) is 14.2. The van der Waals surface area contributed by atoms with Gasteiger partial charge in [-0.25, -0.2) is 0 Å². The average molecular weight is 312 g/mol. The van der Waals surface area contributed by atoms with Gasteiger partial charge in [-0.3, -0.25) is 4.79 Å². The SMILES string of the molecule is CCCCc1cccc(NC(C)=O)c1.NCCc1ccccc1. The molecule has 1 amide bonds. The second kappa shape index (κ2) is 11.4. The van der Waals surface area contributed by atoms with Gasteiger partial charge in [0.25, 0.3) is 0 Å². The first kappa shape index (κ1) is 18.9. The lowest BCUT2D eigenvalue weighted by Gasteiger charge is -2.04. The second-order valence-electron chi connectivity index (χ2n) is 5.51. The van der Waals surface area contributed by atoms with Crippen LogP contribution in [0.3, 0.4) is 0 Å². The molecule has 124 valence electrons. The topological polar surface area (TPSA) is 55.1 Å². The number of nitrogens with two attached hydrogens (primary N) is 1. The molecule has 0 heterocycles. The van der Waals surface area contributed by atoms with Crippen molar-refractivity contribution in [2.75, 3.05) is 11.9 Å². The van der Waals surface area contributed by atoms with E-state index in [1.165, 1.54) is 30.9 Å². The fraction of sp³-hybridized carbons (Fsp3) is 0.350. The predicted octanol–water partition coefficient (Wildman–Crippen LogP) is 4.18. The first-order valence-electron chi connectivity index (χ1n) is 8.26. The lowest BCUT2D eigenvalue weighted by Crippen LogP contribution is -2.05. The van der Waals surface area contributed by atoms with Crippen molar-refractivity contribution in [2.24, 2.45) is 5.73 Å². The summed E-state index contributed by atoms with van der Waals surface area (Å²) in [6, 6.07) is 18.3. The zero-order chi connectivity index (χ0) is 16.9. The van der Waals surface area contributed by atoms with Crippen LogP contribution in [0.5, 0.6) is 0 Å². The van der Waals surface area contributed by atoms with Gasteiger partial charge >= 0.3 is 0 Å². The molecule has 0 saturated heterocycles. The maximum atomic E-state index is 10.8. The van der Waals surface area contributed by atoms with Crippen LogP contribution in [-0.4, -0.2) is 12.5 Å². The summed E-state index contributed by atoms with van der Waals surface area (Å²) in [5.41, 5.74) is 8.86. The van der Waals surface area contributed by atoms with Crippen LogP contribution in [0.4, 0.5) is 5.69 Å². The van der Waals surface area contributed by atoms with E-state index in [0.717, 1.165) is 25.1 Å². The summed E-state index contributed by atoms with van der Waals surface area (Å²) < 4.78 is 0. The number of anilines is 1. The van der Waals surface area contributed by atoms with Crippen molar-refractivity contribution in [1.82, 2.24) is 0 Å². The maximum Gasteiger partial charge on any atom is 0.221 e. The highest BCUT2D eigenvalue weighted by Gasteiger charge is 1.97. The molecule has 2 aromatic rings. The number of rotatable bonds is 6. The van der Waals surface area contributed by atoms with E-state index < -0.39 is 0 Å². The lowest BCUT2D eigenvalue weighted by molar-refractivity contribution is -0.114. The summed E-state index contributed by atoms with van der Waals surface area (Å²) in [5, 5.41) is 2.78. The Balaban J connectivity index is 0.000000253. The first-order chi connectivity index (χ1) is 11.2. The highest BCUT2D eigenvalue weighted by molar-refractivity contribution is 5.88. The molecule has 3 nitrogen and oxygen atoms in total. The van der Waals surface area contributed by atoms with Crippen LogP contribution < -0.4 is 11.1 Å². The monoisotopic (exact) mass is 312 g/mol. The van der Waals surface area contributed by atoms with Crippen molar-refractivity contribution in [1.29, 1.82) is 0 Å². The van der Waals surface area contributed by atoms with Crippen LogP contribution in [0.15, 0.2) is 54.6 Å². The minimum absolute atomic E-state index is 0.0161. The minimum Gasteiger partial charge on any atom is -0.330 e. The minimum atomic E-state index is -0.0161. The number of amides is 1. The number of carbonyl (C=O) groups excluding carboxylic acids is 1. The molecule has 2 rings (SSSR count). The maximum absolute atomic E-state index is 10.8. The van der Waals surface area contributed by atoms with Gasteiger partial charge in [0.15, 0.2) is 0 Å². The van der Waals surface area contributed by atoms with Crippen LogP contribution in [0.2, 0.25) is 0 Å². The van der Waals surface area contributed by atoms with Crippen molar-refractivity contribution in [2.45, 2.75) is 39.5 Å². The molecule has 0 aliphatic carbocycles. The molecule has 0 aliphatic rings. The molecule has 0 bridgehead atoms. The van der Waals surface area contributed by atoms with Gasteiger partial charge in [-0.2, -0.15) is 0 Å². The fourth-order valence-corrected chi connectivity index (χ4v) is 2.20. The molecule has 0 atom stereocenters. The molecule has 0 aromatic heterocycles. The van der Waals surface area contributed by atoms with Crippen molar-refractivity contribution < 1.29 is 4.79 Å². The van der Waals surface area contributed by atoms with Crippen LogP contribution in [0.25, 0.3) is 0 Å². The van der Waals surface area contributed by atoms with Crippen LogP contribution in [0.1, 0.15) is 37.8 Å².